The summed E-state index contributed by atoms with van der Waals surface area (Å²) in [7, 11) is -2.67. The van der Waals surface area contributed by atoms with E-state index in [-0.39, 0.29) is 32.1 Å². The number of amides is 1. The summed E-state index contributed by atoms with van der Waals surface area (Å²) in [6, 6.07) is 7.58. The van der Waals surface area contributed by atoms with Gasteiger partial charge >= 0.3 is 0 Å². The average Bonchev–Trinajstić information content (AvgIpc) is 2.79. The lowest BCUT2D eigenvalue weighted by molar-refractivity contribution is -0.127. The van der Waals surface area contributed by atoms with Crippen LogP contribution in [-0.4, -0.2) is 63.4 Å². The van der Waals surface area contributed by atoms with Crippen LogP contribution in [0, 0.1) is 11.6 Å². The van der Waals surface area contributed by atoms with E-state index < -0.39 is 26.6 Å². The Kier molecular flexibility index (Phi) is 7.47. The Morgan fingerprint density at radius 3 is 2.44 bits per heavy atom. The zero-order chi connectivity index (χ0) is 23.3. The molecule has 0 N–H and O–H groups in total. The first-order valence-electron chi connectivity index (χ1n) is 9.99. The molecule has 0 atom stereocenters. The summed E-state index contributed by atoms with van der Waals surface area (Å²) in [5.41, 5.74) is 0.737. The van der Waals surface area contributed by atoms with Crippen LogP contribution in [0.1, 0.15) is 12.5 Å². The minimum atomic E-state index is -4.20. The third-order valence-corrected chi connectivity index (χ3v) is 6.88. The second kappa shape index (κ2) is 10.1. The summed E-state index contributed by atoms with van der Waals surface area (Å²) in [4.78, 5) is 13.3. The Bertz CT molecular complexity index is 1110. The maximum Gasteiger partial charge on any atom is 0.246 e. The first-order valence-corrected chi connectivity index (χ1v) is 11.4. The highest BCUT2D eigenvalue weighted by Gasteiger charge is 2.31. The molecule has 0 saturated carbocycles. The highest BCUT2D eigenvalue weighted by Crippen LogP contribution is 2.28. The van der Waals surface area contributed by atoms with Gasteiger partial charge in [0.25, 0.3) is 0 Å². The van der Waals surface area contributed by atoms with Crippen molar-refractivity contribution in [1.29, 1.82) is 0 Å². The highest BCUT2D eigenvalue weighted by molar-refractivity contribution is 7.89. The molecule has 3 rings (SSSR count). The minimum absolute atomic E-state index is 0.0191. The second-order valence-electron chi connectivity index (χ2n) is 6.98. The number of piperazine rings is 1. The van der Waals surface area contributed by atoms with Gasteiger partial charge in [0.15, 0.2) is 11.5 Å². The van der Waals surface area contributed by atoms with Crippen LogP contribution in [0.3, 0.4) is 0 Å². The Hall–Kier alpha value is -2.98. The van der Waals surface area contributed by atoms with Gasteiger partial charge in [0.2, 0.25) is 15.9 Å². The molecule has 1 heterocycles. The van der Waals surface area contributed by atoms with Crippen molar-refractivity contribution in [3.63, 3.8) is 0 Å². The van der Waals surface area contributed by atoms with Crippen molar-refractivity contribution in [3.8, 4) is 11.5 Å². The number of nitrogens with zero attached hydrogens (tertiary/aromatic N) is 2. The van der Waals surface area contributed by atoms with Gasteiger partial charge in [0.1, 0.15) is 16.5 Å². The van der Waals surface area contributed by atoms with Crippen LogP contribution >= 0.6 is 0 Å². The van der Waals surface area contributed by atoms with E-state index in [1.165, 1.54) is 18.1 Å². The quantitative estimate of drug-likeness (QED) is 0.587. The zero-order valence-electron chi connectivity index (χ0n) is 17.8. The van der Waals surface area contributed by atoms with Gasteiger partial charge in [0.05, 0.1) is 13.7 Å². The van der Waals surface area contributed by atoms with Gasteiger partial charge in [-0.3, -0.25) is 4.79 Å². The lowest BCUT2D eigenvalue weighted by Crippen LogP contribution is -2.50. The van der Waals surface area contributed by atoms with Gasteiger partial charge < -0.3 is 14.4 Å². The second-order valence-corrected chi connectivity index (χ2v) is 8.89. The number of methoxy groups -OCH3 is 1. The summed E-state index contributed by atoms with van der Waals surface area (Å²) in [6.45, 7) is 2.59. The molecule has 1 aliphatic heterocycles. The van der Waals surface area contributed by atoms with Gasteiger partial charge in [-0.2, -0.15) is 4.31 Å². The Labute approximate surface area is 185 Å². The smallest absolute Gasteiger partial charge is 0.246 e. The third-order valence-electron chi connectivity index (χ3n) is 4.97. The van der Waals surface area contributed by atoms with E-state index >= 15 is 0 Å². The summed E-state index contributed by atoms with van der Waals surface area (Å²) in [6.07, 6.45) is 3.03. The van der Waals surface area contributed by atoms with Crippen molar-refractivity contribution in [2.24, 2.45) is 0 Å². The molecule has 7 nitrogen and oxygen atoms in total. The van der Waals surface area contributed by atoms with Crippen molar-refractivity contribution >= 4 is 22.0 Å². The number of ether oxygens (including phenoxy) is 2. The van der Waals surface area contributed by atoms with Crippen LogP contribution in [0.5, 0.6) is 11.5 Å². The van der Waals surface area contributed by atoms with Crippen LogP contribution in [0.4, 0.5) is 8.78 Å². The molecule has 0 radical (unpaired) electrons. The predicted octanol–water partition coefficient (Wildman–Crippen LogP) is 2.92. The van der Waals surface area contributed by atoms with Crippen molar-refractivity contribution in [3.05, 3.63) is 59.7 Å². The van der Waals surface area contributed by atoms with E-state index in [1.807, 2.05) is 6.92 Å². The molecule has 0 bridgehead atoms. The molecule has 0 aliphatic carbocycles. The fraction of sp³-hybridized carbons (Fsp3) is 0.318. The van der Waals surface area contributed by atoms with Crippen LogP contribution in [0.2, 0.25) is 0 Å². The van der Waals surface area contributed by atoms with Gasteiger partial charge in [-0.05, 0) is 48.9 Å². The van der Waals surface area contributed by atoms with Crippen molar-refractivity contribution in [1.82, 2.24) is 9.21 Å². The standard InChI is InChI=1S/C22H24F2N2O5S/c1-3-31-19-8-4-16(14-20(19)30-2)5-9-22(27)25-10-12-26(13-11-25)32(28,29)21-15-17(23)6-7-18(21)24/h4-9,14-15H,3,10-13H2,1-2H3/b9-5+. The van der Waals surface area contributed by atoms with Crippen LogP contribution in [0.25, 0.3) is 6.08 Å². The van der Waals surface area contributed by atoms with E-state index in [9.17, 15) is 22.0 Å². The number of hydrogen-bond acceptors (Lipinski definition) is 5. The molecule has 1 amide bonds. The minimum Gasteiger partial charge on any atom is -0.493 e. The average molecular weight is 467 g/mol. The van der Waals surface area contributed by atoms with E-state index in [4.69, 9.17) is 9.47 Å². The molecule has 2 aromatic carbocycles. The first-order chi connectivity index (χ1) is 15.3. The lowest BCUT2D eigenvalue weighted by atomic mass is 10.2. The fourth-order valence-corrected chi connectivity index (χ4v) is 4.80. The molecule has 172 valence electrons. The summed E-state index contributed by atoms with van der Waals surface area (Å²) >= 11 is 0. The summed E-state index contributed by atoms with van der Waals surface area (Å²) in [5.74, 6) is -0.990. The number of benzene rings is 2. The zero-order valence-corrected chi connectivity index (χ0v) is 18.6. The Morgan fingerprint density at radius 1 is 1.06 bits per heavy atom. The monoisotopic (exact) mass is 466 g/mol. The molecule has 32 heavy (non-hydrogen) atoms. The fourth-order valence-electron chi connectivity index (χ4n) is 3.30. The Morgan fingerprint density at radius 2 is 1.78 bits per heavy atom. The van der Waals surface area contributed by atoms with Crippen molar-refractivity contribution < 1.29 is 31.5 Å². The molecule has 2 aromatic rings. The van der Waals surface area contributed by atoms with Crippen molar-refractivity contribution in [2.45, 2.75) is 11.8 Å². The topological polar surface area (TPSA) is 76.2 Å². The van der Waals surface area contributed by atoms with Gasteiger partial charge in [0, 0.05) is 32.3 Å². The van der Waals surface area contributed by atoms with E-state index in [2.05, 4.69) is 0 Å². The molecule has 1 aliphatic rings. The maximum atomic E-state index is 13.9. The van der Waals surface area contributed by atoms with Crippen LogP contribution in [-0.2, 0) is 14.8 Å². The van der Waals surface area contributed by atoms with Gasteiger partial charge in [-0.15, -0.1) is 0 Å². The maximum absolute atomic E-state index is 13.9. The highest BCUT2D eigenvalue weighted by atomic mass is 32.2. The van der Waals surface area contributed by atoms with Crippen LogP contribution < -0.4 is 9.47 Å². The largest absolute Gasteiger partial charge is 0.493 e. The molecular weight excluding hydrogens is 442 g/mol. The van der Waals surface area contributed by atoms with E-state index in [1.54, 1.807) is 24.3 Å². The summed E-state index contributed by atoms with van der Waals surface area (Å²) < 4.78 is 64.5. The molecular formula is C22H24F2N2O5S. The van der Waals surface area contributed by atoms with E-state index in [0.29, 0.717) is 24.2 Å². The molecule has 1 fully saturated rings. The molecule has 1 saturated heterocycles. The van der Waals surface area contributed by atoms with Crippen LogP contribution in [0.15, 0.2) is 47.4 Å². The number of rotatable bonds is 7. The molecule has 0 aromatic heterocycles. The number of carbonyl (C=O) groups excluding carboxylic acids is 1. The number of sulfonamides is 1. The van der Waals surface area contributed by atoms with E-state index in [0.717, 1.165) is 22.0 Å². The number of carbonyl (C=O) groups is 1. The molecule has 0 unspecified atom stereocenters. The number of hydrogen-bond donors (Lipinski definition) is 0. The van der Waals surface area contributed by atoms with Gasteiger partial charge in [-0.1, -0.05) is 6.07 Å². The first kappa shape index (κ1) is 23.7. The van der Waals surface area contributed by atoms with Crippen molar-refractivity contribution in [2.75, 3.05) is 39.9 Å². The Balaban J connectivity index is 1.64. The normalized spacial score (nSPS) is 15.2. The SMILES string of the molecule is CCOc1ccc(/C=C/C(=O)N2CCN(S(=O)(=O)c3cc(F)ccc3F)CC2)cc1OC. The predicted molar refractivity (Wildman–Crippen MR) is 115 cm³/mol. The lowest BCUT2D eigenvalue weighted by Gasteiger charge is -2.33. The number of halogens is 2. The summed E-state index contributed by atoms with van der Waals surface area (Å²) in [5, 5.41) is 0. The van der Waals surface area contributed by atoms with Gasteiger partial charge in [-0.25, -0.2) is 17.2 Å². The molecule has 0 spiro atoms. The molecule has 10 heteroatoms. The third kappa shape index (κ3) is 5.25.